The molecule has 0 aromatic heterocycles. The summed E-state index contributed by atoms with van der Waals surface area (Å²) in [6, 6.07) is 10.9. The quantitative estimate of drug-likeness (QED) is 0.789. The zero-order chi connectivity index (χ0) is 16.7. The van der Waals surface area contributed by atoms with Crippen LogP contribution in [0.4, 0.5) is 0 Å². The predicted molar refractivity (Wildman–Crippen MR) is 99.6 cm³/mol. The number of amides is 1. The second kappa shape index (κ2) is 9.33. The molecule has 0 radical (unpaired) electrons. The molecule has 1 N–H and O–H groups in total. The lowest BCUT2D eigenvalue weighted by Crippen LogP contribution is -2.43. The van der Waals surface area contributed by atoms with Crippen molar-refractivity contribution in [2.45, 2.75) is 50.7 Å². The van der Waals surface area contributed by atoms with E-state index in [2.05, 4.69) is 55.3 Å². The molecule has 1 heterocycles. The lowest BCUT2D eigenvalue weighted by molar-refractivity contribution is -0.121. The van der Waals surface area contributed by atoms with Crippen molar-refractivity contribution in [3.8, 4) is 0 Å². The van der Waals surface area contributed by atoms with E-state index in [4.69, 9.17) is 0 Å². The van der Waals surface area contributed by atoms with Crippen molar-refractivity contribution >= 4 is 17.7 Å². The van der Waals surface area contributed by atoms with Crippen LogP contribution in [0.1, 0.15) is 39.2 Å². The smallest absolute Gasteiger partial charge is 0.233 e. The molecule has 0 spiro atoms. The van der Waals surface area contributed by atoms with Gasteiger partial charge in [0.25, 0.3) is 0 Å². The summed E-state index contributed by atoms with van der Waals surface area (Å²) in [7, 11) is 0. The first-order valence-corrected chi connectivity index (χ1v) is 9.84. The highest BCUT2D eigenvalue weighted by atomic mass is 32.2. The van der Waals surface area contributed by atoms with Gasteiger partial charge in [-0.05, 0) is 37.4 Å². The van der Waals surface area contributed by atoms with Crippen LogP contribution in [0.2, 0.25) is 0 Å². The number of thioether (sulfide) groups is 1. The Labute approximate surface area is 145 Å². The molecule has 3 nitrogen and oxygen atoms in total. The molecule has 1 aliphatic heterocycles. The molecule has 1 aliphatic rings. The molecule has 2 unspecified atom stereocenters. The van der Waals surface area contributed by atoms with Gasteiger partial charge in [0.15, 0.2) is 0 Å². The van der Waals surface area contributed by atoms with Crippen LogP contribution in [0.25, 0.3) is 0 Å². The number of nitrogens with one attached hydrogen (secondary N) is 1. The second-order valence-corrected chi connectivity index (χ2v) is 7.76. The van der Waals surface area contributed by atoms with Gasteiger partial charge in [-0.1, -0.05) is 51.1 Å². The van der Waals surface area contributed by atoms with Gasteiger partial charge in [0.05, 0.1) is 5.25 Å². The summed E-state index contributed by atoms with van der Waals surface area (Å²) in [5.41, 5.74) is 1.28. The number of benzene rings is 1. The number of carbonyl (C=O) groups is 1. The molecule has 4 heteroatoms. The van der Waals surface area contributed by atoms with Crippen LogP contribution < -0.4 is 5.32 Å². The van der Waals surface area contributed by atoms with Crippen molar-refractivity contribution in [1.82, 2.24) is 10.2 Å². The maximum atomic E-state index is 12.6. The molecule has 1 fully saturated rings. The maximum absolute atomic E-state index is 12.6. The Balaban J connectivity index is 1.83. The number of nitrogens with zero attached hydrogens (tertiary/aromatic N) is 1. The first kappa shape index (κ1) is 18.3. The van der Waals surface area contributed by atoms with Crippen LogP contribution >= 0.6 is 11.8 Å². The topological polar surface area (TPSA) is 32.3 Å². The van der Waals surface area contributed by atoms with Crippen LogP contribution in [-0.4, -0.2) is 41.7 Å². The largest absolute Gasteiger partial charge is 0.354 e. The van der Waals surface area contributed by atoms with E-state index in [0.29, 0.717) is 12.0 Å². The fraction of sp³-hybridized carbons (Fsp3) is 0.632. The van der Waals surface area contributed by atoms with Gasteiger partial charge < -0.3 is 5.32 Å². The molecule has 0 saturated carbocycles. The SMILES string of the molecule is CCN1CCCC1CNC(=O)C(SCc1ccccc1)C(C)C. The molecule has 2 rings (SSSR count). The van der Waals surface area contributed by atoms with Gasteiger partial charge in [-0.25, -0.2) is 0 Å². The summed E-state index contributed by atoms with van der Waals surface area (Å²) in [5.74, 6) is 1.43. The Morgan fingerprint density at radius 2 is 2.09 bits per heavy atom. The third-order valence-electron chi connectivity index (χ3n) is 4.55. The number of likely N-dealkylation sites (tertiary alicyclic amines) is 1. The van der Waals surface area contributed by atoms with Gasteiger partial charge in [-0.15, -0.1) is 11.8 Å². The van der Waals surface area contributed by atoms with Gasteiger partial charge in [-0.2, -0.15) is 0 Å². The fourth-order valence-electron chi connectivity index (χ4n) is 3.19. The highest BCUT2D eigenvalue weighted by Crippen LogP contribution is 2.24. The number of likely N-dealkylation sites (N-methyl/N-ethyl adjacent to an activating group) is 1. The van der Waals surface area contributed by atoms with E-state index in [-0.39, 0.29) is 11.2 Å². The molecule has 0 aliphatic carbocycles. The van der Waals surface area contributed by atoms with E-state index in [1.165, 1.54) is 24.9 Å². The van der Waals surface area contributed by atoms with Gasteiger partial charge in [0.1, 0.15) is 0 Å². The number of carbonyl (C=O) groups excluding carboxylic acids is 1. The van der Waals surface area contributed by atoms with E-state index in [0.717, 1.165) is 18.8 Å². The summed E-state index contributed by atoms with van der Waals surface area (Å²) in [4.78, 5) is 15.1. The molecular weight excluding hydrogens is 304 g/mol. The summed E-state index contributed by atoms with van der Waals surface area (Å²) >= 11 is 1.75. The highest BCUT2D eigenvalue weighted by molar-refractivity contribution is 7.99. The van der Waals surface area contributed by atoms with Crippen molar-refractivity contribution in [1.29, 1.82) is 0 Å². The van der Waals surface area contributed by atoms with E-state index >= 15 is 0 Å². The van der Waals surface area contributed by atoms with E-state index in [1.807, 2.05) is 6.07 Å². The van der Waals surface area contributed by atoms with Crippen molar-refractivity contribution in [2.75, 3.05) is 19.6 Å². The maximum Gasteiger partial charge on any atom is 0.233 e. The predicted octanol–water partition coefficient (Wildman–Crippen LogP) is 3.54. The molecule has 1 aromatic carbocycles. The highest BCUT2D eigenvalue weighted by Gasteiger charge is 2.26. The van der Waals surface area contributed by atoms with Crippen LogP contribution in [0.3, 0.4) is 0 Å². The zero-order valence-electron chi connectivity index (χ0n) is 14.6. The molecular formula is C19H30N2OS. The van der Waals surface area contributed by atoms with Crippen LogP contribution in [0, 0.1) is 5.92 Å². The lowest BCUT2D eigenvalue weighted by Gasteiger charge is -2.25. The number of hydrogen-bond donors (Lipinski definition) is 1. The second-order valence-electron chi connectivity index (χ2n) is 6.63. The third-order valence-corrected chi connectivity index (χ3v) is 6.17. The molecule has 0 bridgehead atoms. The third kappa shape index (κ3) is 5.54. The molecule has 1 aromatic rings. The van der Waals surface area contributed by atoms with Crippen LogP contribution in [-0.2, 0) is 10.5 Å². The Kier molecular flexibility index (Phi) is 7.44. The average Bonchev–Trinajstić information content (AvgIpc) is 3.01. The van der Waals surface area contributed by atoms with E-state index in [9.17, 15) is 4.79 Å². The van der Waals surface area contributed by atoms with Crippen molar-refractivity contribution in [3.63, 3.8) is 0 Å². The van der Waals surface area contributed by atoms with E-state index < -0.39 is 0 Å². The molecule has 128 valence electrons. The number of hydrogen-bond acceptors (Lipinski definition) is 3. The Morgan fingerprint density at radius 3 is 2.74 bits per heavy atom. The Hall–Kier alpha value is -1.00. The summed E-state index contributed by atoms with van der Waals surface area (Å²) in [6.45, 7) is 9.52. The van der Waals surface area contributed by atoms with Crippen molar-refractivity contribution in [2.24, 2.45) is 5.92 Å². The minimum Gasteiger partial charge on any atom is -0.354 e. The molecule has 23 heavy (non-hydrogen) atoms. The van der Waals surface area contributed by atoms with Gasteiger partial charge in [-0.3, -0.25) is 9.69 Å². The van der Waals surface area contributed by atoms with Crippen molar-refractivity contribution in [3.05, 3.63) is 35.9 Å². The Bertz CT molecular complexity index is 478. The normalized spacial score (nSPS) is 19.9. The summed E-state index contributed by atoms with van der Waals surface area (Å²) < 4.78 is 0. The van der Waals surface area contributed by atoms with Crippen LogP contribution in [0.5, 0.6) is 0 Å². The summed E-state index contributed by atoms with van der Waals surface area (Å²) in [5, 5.41) is 3.23. The minimum atomic E-state index is 0.0201. The van der Waals surface area contributed by atoms with Gasteiger partial charge in [0.2, 0.25) is 5.91 Å². The van der Waals surface area contributed by atoms with E-state index in [1.54, 1.807) is 11.8 Å². The van der Waals surface area contributed by atoms with Gasteiger partial charge in [0, 0.05) is 18.3 Å². The molecule has 1 amide bonds. The first-order valence-electron chi connectivity index (χ1n) is 8.79. The number of rotatable bonds is 8. The Morgan fingerprint density at radius 1 is 1.35 bits per heavy atom. The monoisotopic (exact) mass is 334 g/mol. The van der Waals surface area contributed by atoms with Crippen molar-refractivity contribution < 1.29 is 4.79 Å². The van der Waals surface area contributed by atoms with Gasteiger partial charge >= 0.3 is 0 Å². The average molecular weight is 335 g/mol. The first-order chi connectivity index (χ1) is 11.1. The standard InChI is InChI=1S/C19H30N2OS/c1-4-21-12-8-11-17(21)13-20-19(22)18(15(2)3)23-14-16-9-6-5-7-10-16/h5-7,9-10,15,17-18H,4,8,11-14H2,1-3H3,(H,20,22). The summed E-state index contributed by atoms with van der Waals surface area (Å²) in [6.07, 6.45) is 2.46. The minimum absolute atomic E-state index is 0.0201. The zero-order valence-corrected chi connectivity index (χ0v) is 15.4. The lowest BCUT2D eigenvalue weighted by atomic mass is 10.1. The molecule has 1 saturated heterocycles. The van der Waals surface area contributed by atoms with Crippen LogP contribution in [0.15, 0.2) is 30.3 Å². The molecule has 2 atom stereocenters. The fourth-order valence-corrected chi connectivity index (χ4v) is 4.38.